The monoisotopic (exact) mass is 362 g/mol. The van der Waals surface area contributed by atoms with E-state index in [2.05, 4.69) is 60.5 Å². The van der Waals surface area contributed by atoms with E-state index >= 15 is 0 Å². The Kier molecular flexibility index (Phi) is 11.7. The van der Waals surface area contributed by atoms with Gasteiger partial charge in [-0.05, 0) is 51.8 Å². The Hall–Kier alpha value is -1.59. The number of hydrogen-bond acceptors (Lipinski definition) is 3. The van der Waals surface area contributed by atoms with E-state index in [1.54, 1.807) is 0 Å². The first-order valence-electron chi connectivity index (χ1n) is 9.79. The average molecular weight is 363 g/mol. The van der Waals surface area contributed by atoms with Gasteiger partial charge in [0.1, 0.15) is 0 Å². The number of aliphatic imine (C=N–C) groups is 1. The van der Waals surface area contributed by atoms with Crippen LogP contribution in [0, 0.1) is 5.92 Å². The molecule has 0 saturated carbocycles. The van der Waals surface area contributed by atoms with E-state index in [4.69, 9.17) is 4.74 Å². The lowest BCUT2D eigenvalue weighted by Crippen LogP contribution is -2.40. The van der Waals surface area contributed by atoms with Gasteiger partial charge in [0.2, 0.25) is 0 Å². The quantitative estimate of drug-likeness (QED) is 0.341. The Morgan fingerprint density at radius 3 is 2.50 bits per heavy atom. The summed E-state index contributed by atoms with van der Waals surface area (Å²) in [5.41, 5.74) is 1.22. The minimum atomic E-state index is 0.428. The van der Waals surface area contributed by atoms with Gasteiger partial charge in [0.25, 0.3) is 0 Å². The van der Waals surface area contributed by atoms with Crippen molar-refractivity contribution in [3.63, 3.8) is 0 Å². The Balaban J connectivity index is 2.09. The molecule has 1 atom stereocenters. The Morgan fingerprint density at radius 1 is 1.12 bits per heavy atom. The molecule has 2 N–H and O–H groups in total. The second-order valence-electron chi connectivity index (χ2n) is 7.27. The van der Waals surface area contributed by atoms with Gasteiger partial charge in [-0.15, -0.1) is 0 Å². The molecule has 0 heterocycles. The highest BCUT2D eigenvalue weighted by Gasteiger charge is 2.05. The van der Waals surface area contributed by atoms with Crippen LogP contribution >= 0.6 is 0 Å². The zero-order valence-electron chi connectivity index (χ0n) is 17.3. The average Bonchev–Trinajstić information content (AvgIpc) is 2.64. The van der Waals surface area contributed by atoms with Crippen molar-refractivity contribution in [3.05, 3.63) is 35.9 Å². The molecule has 5 heteroatoms. The van der Waals surface area contributed by atoms with Crippen molar-refractivity contribution in [2.75, 3.05) is 40.3 Å². The molecule has 0 saturated heterocycles. The summed E-state index contributed by atoms with van der Waals surface area (Å²) in [6.45, 7) is 11.0. The van der Waals surface area contributed by atoms with E-state index < -0.39 is 0 Å². The number of benzene rings is 1. The number of nitrogens with zero attached hydrogens (tertiary/aromatic N) is 2. The fourth-order valence-corrected chi connectivity index (χ4v) is 2.45. The molecule has 0 fully saturated rings. The summed E-state index contributed by atoms with van der Waals surface area (Å²) in [5, 5.41) is 6.77. The number of rotatable bonds is 12. The molecule has 5 nitrogen and oxygen atoms in total. The van der Waals surface area contributed by atoms with Crippen molar-refractivity contribution in [2.24, 2.45) is 10.9 Å². The lowest BCUT2D eigenvalue weighted by atomic mass is 10.2. The standard InChI is InChI=1S/C21H38N4O/c1-18(2)25(5)14-10-9-13-23-21(22-4)24-15-19(3)16-26-17-20-11-7-6-8-12-20/h6-8,11-12,18-19H,9-10,13-17H2,1-5H3,(H2,22,23,24). The van der Waals surface area contributed by atoms with E-state index in [0.29, 0.717) is 18.6 Å². The van der Waals surface area contributed by atoms with Crippen molar-refractivity contribution in [1.29, 1.82) is 0 Å². The fraction of sp³-hybridized carbons (Fsp3) is 0.667. The van der Waals surface area contributed by atoms with Crippen LogP contribution in [-0.2, 0) is 11.3 Å². The van der Waals surface area contributed by atoms with Crippen LogP contribution in [0.1, 0.15) is 39.2 Å². The predicted molar refractivity (Wildman–Crippen MR) is 112 cm³/mol. The number of guanidine groups is 1. The molecule has 148 valence electrons. The third-order valence-corrected chi connectivity index (χ3v) is 4.47. The molecule has 1 aromatic rings. The van der Waals surface area contributed by atoms with Crippen LogP contribution in [0.2, 0.25) is 0 Å². The maximum atomic E-state index is 5.80. The van der Waals surface area contributed by atoms with Crippen LogP contribution in [0.5, 0.6) is 0 Å². The minimum Gasteiger partial charge on any atom is -0.376 e. The molecule has 0 radical (unpaired) electrons. The molecule has 26 heavy (non-hydrogen) atoms. The third kappa shape index (κ3) is 10.4. The number of unbranched alkanes of at least 4 members (excludes halogenated alkanes) is 1. The molecule has 0 aliphatic rings. The van der Waals surface area contributed by atoms with E-state index in [1.165, 1.54) is 12.0 Å². The zero-order valence-corrected chi connectivity index (χ0v) is 17.3. The SMILES string of the molecule is CN=C(NCCCCN(C)C(C)C)NCC(C)COCc1ccccc1. The van der Waals surface area contributed by atoms with Gasteiger partial charge in [0.15, 0.2) is 5.96 Å². The van der Waals surface area contributed by atoms with E-state index in [0.717, 1.165) is 38.6 Å². The van der Waals surface area contributed by atoms with E-state index in [1.807, 2.05) is 25.2 Å². The first-order chi connectivity index (χ1) is 12.5. The molecule has 0 aliphatic heterocycles. The van der Waals surface area contributed by atoms with Gasteiger partial charge >= 0.3 is 0 Å². The van der Waals surface area contributed by atoms with Gasteiger partial charge in [0.05, 0.1) is 13.2 Å². The minimum absolute atomic E-state index is 0.428. The zero-order chi connectivity index (χ0) is 19.2. The number of nitrogens with one attached hydrogen (secondary N) is 2. The normalized spacial score (nSPS) is 13.3. The summed E-state index contributed by atoms with van der Waals surface area (Å²) in [6, 6.07) is 10.9. The highest BCUT2D eigenvalue weighted by Crippen LogP contribution is 2.03. The van der Waals surface area contributed by atoms with Crippen molar-refractivity contribution in [3.8, 4) is 0 Å². The highest BCUT2D eigenvalue weighted by atomic mass is 16.5. The van der Waals surface area contributed by atoms with Crippen molar-refractivity contribution < 1.29 is 4.74 Å². The maximum absolute atomic E-state index is 5.80. The van der Waals surface area contributed by atoms with Crippen LogP contribution in [0.25, 0.3) is 0 Å². The topological polar surface area (TPSA) is 48.9 Å². The molecule has 0 aromatic heterocycles. The molecule has 0 amide bonds. The Morgan fingerprint density at radius 2 is 1.85 bits per heavy atom. The summed E-state index contributed by atoms with van der Waals surface area (Å²) < 4.78 is 5.80. The summed E-state index contributed by atoms with van der Waals surface area (Å²) in [5.74, 6) is 1.30. The second kappa shape index (κ2) is 13.6. The lowest BCUT2D eigenvalue weighted by Gasteiger charge is -2.21. The lowest BCUT2D eigenvalue weighted by molar-refractivity contribution is 0.0931. The fourth-order valence-electron chi connectivity index (χ4n) is 2.45. The van der Waals surface area contributed by atoms with Crippen molar-refractivity contribution >= 4 is 5.96 Å². The third-order valence-electron chi connectivity index (χ3n) is 4.47. The van der Waals surface area contributed by atoms with Gasteiger partial charge in [-0.25, -0.2) is 0 Å². The molecule has 0 spiro atoms. The Labute approximate surface area is 160 Å². The molecule has 1 aromatic carbocycles. The van der Waals surface area contributed by atoms with E-state index in [9.17, 15) is 0 Å². The van der Waals surface area contributed by atoms with Gasteiger partial charge in [-0.3, -0.25) is 4.99 Å². The molecule has 1 unspecified atom stereocenters. The van der Waals surface area contributed by atoms with Crippen LogP contribution in [0.4, 0.5) is 0 Å². The maximum Gasteiger partial charge on any atom is 0.190 e. The summed E-state index contributed by atoms with van der Waals surface area (Å²) in [4.78, 5) is 6.67. The van der Waals surface area contributed by atoms with Gasteiger partial charge in [-0.1, -0.05) is 37.3 Å². The second-order valence-corrected chi connectivity index (χ2v) is 7.27. The molecular weight excluding hydrogens is 324 g/mol. The molecule has 1 rings (SSSR count). The first kappa shape index (κ1) is 22.5. The first-order valence-corrected chi connectivity index (χ1v) is 9.79. The molecule has 0 bridgehead atoms. The van der Waals surface area contributed by atoms with Gasteiger partial charge < -0.3 is 20.3 Å². The van der Waals surface area contributed by atoms with Crippen molar-refractivity contribution in [1.82, 2.24) is 15.5 Å². The van der Waals surface area contributed by atoms with E-state index in [-0.39, 0.29) is 0 Å². The number of ether oxygens (including phenoxy) is 1. The Bertz CT molecular complexity index is 490. The van der Waals surface area contributed by atoms with Crippen LogP contribution in [-0.4, -0.2) is 57.2 Å². The smallest absolute Gasteiger partial charge is 0.190 e. The largest absolute Gasteiger partial charge is 0.376 e. The molecule has 0 aliphatic carbocycles. The van der Waals surface area contributed by atoms with Gasteiger partial charge in [-0.2, -0.15) is 0 Å². The van der Waals surface area contributed by atoms with Gasteiger partial charge in [0, 0.05) is 26.2 Å². The molecular formula is C21H38N4O. The summed E-state index contributed by atoms with van der Waals surface area (Å²) in [6.07, 6.45) is 2.34. The van der Waals surface area contributed by atoms with Crippen molar-refractivity contribution in [2.45, 2.75) is 46.3 Å². The summed E-state index contributed by atoms with van der Waals surface area (Å²) in [7, 11) is 4.00. The van der Waals surface area contributed by atoms with Crippen LogP contribution in [0.15, 0.2) is 35.3 Å². The van der Waals surface area contributed by atoms with Crippen LogP contribution < -0.4 is 10.6 Å². The summed E-state index contributed by atoms with van der Waals surface area (Å²) >= 11 is 0. The predicted octanol–water partition coefficient (Wildman–Crippen LogP) is 3.12. The number of hydrogen-bond donors (Lipinski definition) is 2. The van der Waals surface area contributed by atoms with Crippen LogP contribution in [0.3, 0.4) is 0 Å². The highest BCUT2D eigenvalue weighted by molar-refractivity contribution is 5.79.